The molecule has 0 aliphatic heterocycles. The van der Waals surface area contributed by atoms with Gasteiger partial charge < -0.3 is 23.5 Å². The number of furan rings is 2. The molecular formula is C135H99N3O2. The van der Waals surface area contributed by atoms with Gasteiger partial charge in [0.15, 0.2) is 0 Å². The van der Waals surface area contributed by atoms with Gasteiger partial charge in [0.25, 0.3) is 0 Å². The summed E-state index contributed by atoms with van der Waals surface area (Å²) in [6.45, 7) is 4.68. The van der Waals surface area contributed by atoms with Gasteiger partial charge in [-0.25, -0.2) is 0 Å². The molecule has 2 aromatic heterocycles. The topological polar surface area (TPSA) is 36.0 Å². The normalized spacial score (nSPS) is 11.6. The quantitative estimate of drug-likeness (QED) is 0.0670. The molecule has 21 aromatic carbocycles. The maximum Gasteiger partial charge on any atom is 0.137 e. The maximum absolute atomic E-state index is 6.33. The van der Waals surface area contributed by atoms with Gasteiger partial charge >= 0.3 is 0 Å². The predicted octanol–water partition coefficient (Wildman–Crippen LogP) is 36.6. The number of fused-ring (bicyclic) bond motifs is 9. The van der Waals surface area contributed by atoms with Gasteiger partial charge in [0, 0.05) is 84.2 Å². The highest BCUT2D eigenvalue weighted by atomic mass is 16.3. The van der Waals surface area contributed by atoms with E-state index in [1.807, 2.05) is 24.3 Å². The molecule has 0 atom stereocenters. The first-order valence-corrected chi connectivity index (χ1v) is 47.9. The van der Waals surface area contributed by atoms with Crippen LogP contribution in [-0.2, 0) is 5.41 Å². The highest BCUT2D eigenvalue weighted by Crippen LogP contribution is 2.53. The Kier molecular flexibility index (Phi) is 24.8. The first kappa shape index (κ1) is 87.2. The largest absolute Gasteiger partial charge is 0.456 e. The Bertz CT molecular complexity index is 8250. The van der Waals surface area contributed by atoms with Gasteiger partial charge in [0.1, 0.15) is 22.3 Å². The van der Waals surface area contributed by atoms with E-state index in [9.17, 15) is 0 Å². The van der Waals surface area contributed by atoms with Gasteiger partial charge in [-0.3, -0.25) is 0 Å². The standard InChI is InChI=1S/C47H37N.2C44H31NO/c1-47(2)43-29-16-15-28-41(43)42-33-40(30-31-44(42)47)48(38-25-13-6-14-26-38)39-27-17-24-37(32-39)46(36-22-11-5-12-23-36)45(34-18-7-3-8-19-34)35-20-9-4-10-21-35;1-5-16-32(17-6-1)43(33-18-7-2-8-19-33)44(34-20-9-3-10-21-34)35-22-15-25-37(30-35)45(36-23-11-4-12-24-36)38-28-29-42-40(31-38)39-26-13-14-27-41(39)46-42;1-5-16-32(17-6-1)43(33-18-7-2-8-19-33)44(34-20-9-3-10-21-34)35-22-15-25-37(30-35)45(36-23-11-4-12-24-36)38-28-29-40-39-26-13-14-27-41(39)46-42(40)31-38/h3-33H,1-2H3;2*1-31H. The van der Waals surface area contributed by atoms with Crippen molar-refractivity contribution in [1.29, 1.82) is 0 Å². The van der Waals surface area contributed by atoms with Crippen LogP contribution in [0, 0.1) is 0 Å². The zero-order valence-corrected chi connectivity index (χ0v) is 77.9. The highest BCUT2D eigenvalue weighted by Gasteiger charge is 2.36. The van der Waals surface area contributed by atoms with Gasteiger partial charge in [-0.05, 0) is 250 Å². The van der Waals surface area contributed by atoms with Crippen molar-refractivity contribution in [2.75, 3.05) is 14.7 Å². The van der Waals surface area contributed by atoms with Gasteiger partial charge in [0.05, 0.1) is 0 Å². The Hall–Kier alpha value is -18.2. The number of anilines is 9. The lowest BCUT2D eigenvalue weighted by Crippen LogP contribution is -2.15. The van der Waals surface area contributed by atoms with E-state index in [0.29, 0.717) is 0 Å². The van der Waals surface area contributed by atoms with Crippen molar-refractivity contribution in [2.45, 2.75) is 19.3 Å². The average molecular weight is 1800 g/mol. The number of benzene rings is 21. The van der Waals surface area contributed by atoms with Gasteiger partial charge in [-0.15, -0.1) is 0 Å². The fraction of sp³-hybridized carbons (Fsp3) is 0.0222. The SMILES string of the molecule is CC1(C)c2ccccc2-c2cc(N(c3ccccc3)c3cccc(C(=C(c4ccccc4)c4ccccc4)c4ccccc4)c3)ccc21.c1ccc(C(=C(c2ccccc2)c2cccc(N(c3ccccc3)c3ccc4c(c3)oc3ccccc34)c2)c2ccccc2)cc1.c1ccc(C(=C(c2ccccc2)c2cccc(N(c3ccccc3)c3ccc4oc5ccccc5c4c3)c2)c2ccccc2)cc1. The third-order valence-corrected chi connectivity index (χ3v) is 26.6. The molecule has 1 aliphatic carbocycles. The Morgan fingerprint density at radius 3 is 0.736 bits per heavy atom. The van der Waals surface area contributed by atoms with E-state index in [-0.39, 0.29) is 5.41 Å². The lowest BCUT2D eigenvalue weighted by Gasteiger charge is -2.28. The molecular weight excluding hydrogens is 1700 g/mol. The van der Waals surface area contributed by atoms with E-state index in [1.54, 1.807) is 0 Å². The van der Waals surface area contributed by atoms with Crippen LogP contribution >= 0.6 is 0 Å². The van der Waals surface area contributed by atoms with E-state index in [1.165, 1.54) is 100 Å². The number of hydrogen-bond acceptors (Lipinski definition) is 5. The van der Waals surface area contributed by atoms with Gasteiger partial charge in [-0.1, -0.05) is 445 Å². The summed E-state index contributed by atoms with van der Waals surface area (Å²) in [6.07, 6.45) is 0. The van der Waals surface area contributed by atoms with Crippen LogP contribution in [0.2, 0.25) is 0 Å². The van der Waals surface area contributed by atoms with Crippen LogP contribution in [0.5, 0.6) is 0 Å². The summed E-state index contributed by atoms with van der Waals surface area (Å²) in [6, 6.07) is 201. The molecule has 1 aliphatic rings. The third kappa shape index (κ3) is 17.9. The molecule has 0 spiro atoms. The second kappa shape index (κ2) is 39.8. The van der Waals surface area contributed by atoms with Crippen LogP contribution in [0.15, 0.2) is 573 Å². The third-order valence-electron chi connectivity index (χ3n) is 26.6. The second-order valence-corrected chi connectivity index (χ2v) is 35.7. The fourth-order valence-corrected chi connectivity index (χ4v) is 20.2. The van der Waals surface area contributed by atoms with Crippen LogP contribution in [0.1, 0.15) is 91.7 Å². The van der Waals surface area contributed by atoms with Crippen LogP contribution in [-0.4, -0.2) is 0 Å². The zero-order valence-electron chi connectivity index (χ0n) is 77.9. The molecule has 0 amide bonds. The minimum absolute atomic E-state index is 0.0391. The van der Waals surface area contributed by atoms with Crippen molar-refractivity contribution in [1.82, 2.24) is 0 Å². The highest BCUT2D eigenvalue weighted by molar-refractivity contribution is 6.11. The summed E-state index contributed by atoms with van der Waals surface area (Å²) in [5.74, 6) is 0. The Labute approximate surface area is 818 Å². The average Bonchev–Trinajstić information content (AvgIpc) is 1.57. The summed E-state index contributed by atoms with van der Waals surface area (Å²) < 4.78 is 12.5. The number of nitrogens with zero attached hydrogens (tertiary/aromatic N) is 3. The number of rotatable bonds is 21. The molecule has 666 valence electrons. The summed E-state index contributed by atoms with van der Waals surface area (Å²) in [7, 11) is 0. The fourth-order valence-electron chi connectivity index (χ4n) is 20.2. The molecule has 0 fully saturated rings. The van der Waals surface area contributed by atoms with Crippen molar-refractivity contribution >= 4 is 129 Å². The molecule has 0 unspecified atom stereocenters. The minimum atomic E-state index is -0.0391. The van der Waals surface area contributed by atoms with E-state index in [0.717, 1.165) is 117 Å². The molecule has 2 heterocycles. The van der Waals surface area contributed by atoms with Crippen molar-refractivity contribution in [3.05, 3.63) is 642 Å². The second-order valence-electron chi connectivity index (χ2n) is 35.7. The predicted molar refractivity (Wildman–Crippen MR) is 589 cm³/mol. The summed E-state index contributed by atoms with van der Waals surface area (Å²) in [5, 5.41) is 4.46. The molecule has 5 heteroatoms. The monoisotopic (exact) mass is 1790 g/mol. The van der Waals surface area contributed by atoms with Crippen LogP contribution in [0.3, 0.4) is 0 Å². The number of hydrogen-bond donors (Lipinski definition) is 0. The summed E-state index contributed by atoms with van der Waals surface area (Å²) >= 11 is 0. The van der Waals surface area contributed by atoms with Crippen LogP contribution < -0.4 is 14.7 Å². The molecule has 24 rings (SSSR count). The first-order chi connectivity index (χ1) is 69.3. The summed E-state index contributed by atoms with van der Waals surface area (Å²) in [5.41, 5.74) is 39.9. The molecule has 23 aromatic rings. The van der Waals surface area contributed by atoms with Crippen molar-refractivity contribution in [2.24, 2.45) is 0 Å². The first-order valence-electron chi connectivity index (χ1n) is 47.9. The molecule has 0 saturated carbocycles. The maximum atomic E-state index is 6.33. The molecule has 0 saturated heterocycles. The number of para-hydroxylation sites is 5. The van der Waals surface area contributed by atoms with Gasteiger partial charge in [-0.2, -0.15) is 0 Å². The molecule has 5 nitrogen and oxygen atoms in total. The van der Waals surface area contributed by atoms with Crippen molar-refractivity contribution in [3.8, 4) is 11.1 Å². The Balaban J connectivity index is 0.000000121. The Morgan fingerprint density at radius 1 is 0.150 bits per heavy atom. The zero-order chi connectivity index (χ0) is 93.9. The smallest absolute Gasteiger partial charge is 0.137 e. The lowest BCUT2D eigenvalue weighted by atomic mass is 9.82. The van der Waals surface area contributed by atoms with E-state index >= 15 is 0 Å². The van der Waals surface area contributed by atoms with Crippen molar-refractivity contribution in [3.63, 3.8) is 0 Å². The van der Waals surface area contributed by atoms with Crippen LogP contribution in [0.25, 0.3) is 88.4 Å². The van der Waals surface area contributed by atoms with Gasteiger partial charge in [0.2, 0.25) is 0 Å². The van der Waals surface area contributed by atoms with E-state index < -0.39 is 0 Å². The van der Waals surface area contributed by atoms with E-state index in [2.05, 4.69) is 568 Å². The molecule has 0 bridgehead atoms. The minimum Gasteiger partial charge on any atom is -0.456 e. The Morgan fingerprint density at radius 2 is 0.379 bits per heavy atom. The van der Waals surface area contributed by atoms with E-state index in [4.69, 9.17) is 8.83 Å². The molecule has 0 N–H and O–H groups in total. The van der Waals surface area contributed by atoms with Crippen LogP contribution in [0.4, 0.5) is 51.2 Å². The molecule has 140 heavy (non-hydrogen) atoms. The lowest BCUT2D eigenvalue weighted by molar-refractivity contribution is 0.660. The molecule has 0 radical (unpaired) electrons. The van der Waals surface area contributed by atoms with Crippen molar-refractivity contribution < 1.29 is 8.83 Å². The summed E-state index contributed by atoms with van der Waals surface area (Å²) in [4.78, 5) is 7.03.